The summed E-state index contributed by atoms with van der Waals surface area (Å²) < 4.78 is 13.0. The van der Waals surface area contributed by atoms with Gasteiger partial charge in [-0.15, -0.1) is 16.8 Å². The van der Waals surface area contributed by atoms with Gasteiger partial charge in [-0.25, -0.2) is 0 Å². The monoisotopic (exact) mass is 424 g/mol. The van der Waals surface area contributed by atoms with Crippen molar-refractivity contribution in [2.75, 3.05) is 18.2 Å². The Hall–Kier alpha value is -3.26. The molecule has 7 nitrogen and oxygen atoms in total. The summed E-state index contributed by atoms with van der Waals surface area (Å²) in [7, 11) is 1.57. The van der Waals surface area contributed by atoms with E-state index in [2.05, 4.69) is 22.1 Å². The first-order valence-corrected chi connectivity index (χ1v) is 10.4. The van der Waals surface area contributed by atoms with Gasteiger partial charge in [0.1, 0.15) is 18.1 Å². The summed E-state index contributed by atoms with van der Waals surface area (Å²) >= 11 is 1.31. The van der Waals surface area contributed by atoms with Gasteiger partial charge in [0.2, 0.25) is 5.91 Å². The molecule has 2 aromatic carbocycles. The minimum Gasteiger partial charge on any atom is -0.495 e. The van der Waals surface area contributed by atoms with Crippen LogP contribution in [0.4, 0.5) is 5.69 Å². The van der Waals surface area contributed by atoms with Crippen LogP contribution in [0.2, 0.25) is 0 Å². The molecular weight excluding hydrogens is 400 g/mol. The Bertz CT molecular complexity index is 1020. The van der Waals surface area contributed by atoms with Gasteiger partial charge in [-0.2, -0.15) is 0 Å². The molecule has 156 valence electrons. The van der Waals surface area contributed by atoms with Crippen molar-refractivity contribution in [3.63, 3.8) is 0 Å². The van der Waals surface area contributed by atoms with Crippen molar-refractivity contribution in [2.24, 2.45) is 0 Å². The normalized spacial score (nSPS) is 10.5. The SMILES string of the molecule is C=CCn1c(COc2cccc(C)c2)nnc1SCC(=O)Nc1ccccc1OC. The molecule has 0 spiro atoms. The van der Waals surface area contributed by atoms with Gasteiger partial charge in [0, 0.05) is 6.54 Å². The van der Waals surface area contributed by atoms with Crippen molar-refractivity contribution in [1.29, 1.82) is 0 Å². The molecule has 3 aromatic rings. The molecule has 0 fully saturated rings. The van der Waals surface area contributed by atoms with Crippen LogP contribution in [0.5, 0.6) is 11.5 Å². The van der Waals surface area contributed by atoms with Gasteiger partial charge < -0.3 is 14.8 Å². The molecule has 1 N–H and O–H groups in total. The molecule has 1 heterocycles. The summed E-state index contributed by atoms with van der Waals surface area (Å²) in [4.78, 5) is 12.4. The number of benzene rings is 2. The molecule has 0 aliphatic rings. The first kappa shape index (κ1) is 21.4. The van der Waals surface area contributed by atoms with Crippen LogP contribution in [-0.2, 0) is 17.9 Å². The van der Waals surface area contributed by atoms with Crippen LogP contribution in [0, 0.1) is 6.92 Å². The van der Waals surface area contributed by atoms with Crippen molar-refractivity contribution in [3.8, 4) is 11.5 Å². The van der Waals surface area contributed by atoms with Gasteiger partial charge in [-0.1, -0.05) is 42.1 Å². The maximum Gasteiger partial charge on any atom is 0.234 e. The average Bonchev–Trinajstić information content (AvgIpc) is 3.13. The smallest absolute Gasteiger partial charge is 0.234 e. The van der Waals surface area contributed by atoms with Crippen LogP contribution in [-0.4, -0.2) is 33.5 Å². The fourth-order valence-corrected chi connectivity index (χ4v) is 3.53. The molecule has 0 aliphatic heterocycles. The molecule has 30 heavy (non-hydrogen) atoms. The minimum absolute atomic E-state index is 0.157. The quantitative estimate of drug-likeness (QED) is 0.390. The molecule has 0 saturated carbocycles. The number of para-hydroxylation sites is 2. The molecule has 1 amide bonds. The number of nitrogens with one attached hydrogen (secondary N) is 1. The van der Waals surface area contributed by atoms with E-state index >= 15 is 0 Å². The van der Waals surface area contributed by atoms with Gasteiger partial charge >= 0.3 is 0 Å². The summed E-state index contributed by atoms with van der Waals surface area (Å²) in [6.07, 6.45) is 1.76. The molecule has 0 unspecified atom stereocenters. The van der Waals surface area contributed by atoms with Crippen LogP contribution in [0.25, 0.3) is 0 Å². The number of ether oxygens (including phenoxy) is 2. The number of anilines is 1. The van der Waals surface area contributed by atoms with Crippen LogP contribution in [0.15, 0.2) is 66.3 Å². The highest BCUT2D eigenvalue weighted by atomic mass is 32.2. The highest BCUT2D eigenvalue weighted by Gasteiger charge is 2.15. The van der Waals surface area contributed by atoms with Crippen LogP contribution < -0.4 is 14.8 Å². The van der Waals surface area contributed by atoms with Gasteiger partial charge in [0.15, 0.2) is 11.0 Å². The number of nitrogens with zero attached hydrogens (tertiary/aromatic N) is 3. The van der Waals surface area contributed by atoms with E-state index in [1.54, 1.807) is 25.3 Å². The van der Waals surface area contributed by atoms with E-state index in [0.29, 0.717) is 29.0 Å². The minimum atomic E-state index is -0.157. The third-order valence-electron chi connectivity index (χ3n) is 4.18. The molecule has 1 aromatic heterocycles. The number of carbonyl (C=O) groups is 1. The largest absolute Gasteiger partial charge is 0.495 e. The number of carbonyl (C=O) groups excluding carboxylic acids is 1. The third kappa shape index (κ3) is 5.64. The van der Waals surface area contributed by atoms with E-state index in [0.717, 1.165) is 11.3 Å². The topological polar surface area (TPSA) is 78.3 Å². The zero-order valence-electron chi connectivity index (χ0n) is 17.0. The van der Waals surface area contributed by atoms with Crippen molar-refractivity contribution in [1.82, 2.24) is 14.8 Å². The number of methoxy groups -OCH3 is 1. The zero-order valence-corrected chi connectivity index (χ0v) is 17.8. The Labute approximate surface area is 180 Å². The lowest BCUT2D eigenvalue weighted by Gasteiger charge is -2.11. The number of allylic oxidation sites excluding steroid dienone is 1. The van der Waals surface area contributed by atoms with Crippen LogP contribution in [0.3, 0.4) is 0 Å². The van der Waals surface area contributed by atoms with Gasteiger partial charge in [0.05, 0.1) is 18.6 Å². The summed E-state index contributed by atoms with van der Waals surface area (Å²) in [5, 5.41) is 11.9. The van der Waals surface area contributed by atoms with E-state index in [1.165, 1.54) is 11.8 Å². The molecule has 0 atom stereocenters. The number of hydrogen-bond donors (Lipinski definition) is 1. The second-order valence-electron chi connectivity index (χ2n) is 6.44. The van der Waals surface area contributed by atoms with Crippen LogP contribution >= 0.6 is 11.8 Å². The predicted octanol–water partition coefficient (Wildman–Crippen LogP) is 4.09. The van der Waals surface area contributed by atoms with Crippen LogP contribution in [0.1, 0.15) is 11.4 Å². The van der Waals surface area contributed by atoms with E-state index < -0.39 is 0 Å². The Kier molecular flexibility index (Phi) is 7.51. The highest BCUT2D eigenvalue weighted by Crippen LogP contribution is 2.24. The molecule has 0 aliphatic carbocycles. The Morgan fingerprint density at radius 3 is 2.83 bits per heavy atom. The fraction of sp³-hybridized carbons (Fsp3) is 0.227. The Morgan fingerprint density at radius 2 is 2.07 bits per heavy atom. The maximum absolute atomic E-state index is 12.4. The van der Waals surface area contributed by atoms with Gasteiger partial charge in [-0.3, -0.25) is 9.36 Å². The Morgan fingerprint density at radius 1 is 1.23 bits per heavy atom. The first-order valence-electron chi connectivity index (χ1n) is 9.39. The van der Waals surface area contributed by atoms with E-state index in [4.69, 9.17) is 9.47 Å². The number of aryl methyl sites for hydroxylation is 1. The lowest BCUT2D eigenvalue weighted by atomic mass is 10.2. The summed E-state index contributed by atoms with van der Waals surface area (Å²) in [5.74, 6) is 2.08. The average molecular weight is 425 g/mol. The summed E-state index contributed by atoms with van der Waals surface area (Å²) in [5.41, 5.74) is 1.75. The van der Waals surface area contributed by atoms with Crippen molar-refractivity contribution in [3.05, 3.63) is 72.6 Å². The highest BCUT2D eigenvalue weighted by molar-refractivity contribution is 7.99. The molecule has 3 rings (SSSR count). The summed E-state index contributed by atoms with van der Waals surface area (Å²) in [6.45, 7) is 6.61. The molecule has 0 bridgehead atoms. The van der Waals surface area contributed by atoms with Crippen molar-refractivity contribution < 1.29 is 14.3 Å². The predicted molar refractivity (Wildman–Crippen MR) is 118 cm³/mol. The summed E-state index contributed by atoms with van der Waals surface area (Å²) in [6, 6.07) is 15.1. The van der Waals surface area contributed by atoms with Crippen molar-refractivity contribution >= 4 is 23.4 Å². The number of rotatable bonds is 10. The first-order chi connectivity index (χ1) is 14.6. The van der Waals surface area contributed by atoms with Gasteiger partial charge in [-0.05, 0) is 36.8 Å². The number of hydrogen-bond acceptors (Lipinski definition) is 6. The molecule has 0 saturated heterocycles. The van der Waals surface area contributed by atoms with E-state index in [-0.39, 0.29) is 18.3 Å². The second-order valence-corrected chi connectivity index (χ2v) is 7.38. The third-order valence-corrected chi connectivity index (χ3v) is 5.14. The van der Waals surface area contributed by atoms with E-state index in [9.17, 15) is 4.79 Å². The standard InChI is InChI=1S/C22H24N4O3S/c1-4-12-26-20(14-29-17-9-7-8-16(2)13-17)24-25-22(26)30-15-21(27)23-18-10-5-6-11-19(18)28-3/h4-11,13H,1,12,14-15H2,2-3H3,(H,23,27). The molecule has 8 heteroatoms. The number of thioether (sulfide) groups is 1. The van der Waals surface area contributed by atoms with Gasteiger partial charge in [0.25, 0.3) is 0 Å². The number of aromatic nitrogens is 3. The van der Waals surface area contributed by atoms with E-state index in [1.807, 2.05) is 47.9 Å². The lowest BCUT2D eigenvalue weighted by molar-refractivity contribution is -0.113. The zero-order chi connectivity index (χ0) is 21.3. The van der Waals surface area contributed by atoms with Crippen molar-refractivity contribution in [2.45, 2.75) is 25.2 Å². The fourth-order valence-electron chi connectivity index (χ4n) is 2.76. The second kappa shape index (κ2) is 10.5. The molecular formula is C22H24N4O3S. The molecule has 0 radical (unpaired) electrons. The lowest BCUT2D eigenvalue weighted by Crippen LogP contribution is -2.15. The Balaban J connectivity index is 1.62. The number of amides is 1. The maximum atomic E-state index is 12.4.